The number of hydrogen-bond acceptors (Lipinski definition) is 3. The van der Waals surface area contributed by atoms with Crippen LogP contribution in [0.4, 0.5) is 0 Å². The molecule has 0 atom stereocenters. The van der Waals surface area contributed by atoms with Gasteiger partial charge in [0.2, 0.25) is 10.0 Å². The van der Waals surface area contributed by atoms with Crippen molar-refractivity contribution in [2.24, 2.45) is 5.92 Å². The first-order valence-electron chi connectivity index (χ1n) is 6.97. The summed E-state index contributed by atoms with van der Waals surface area (Å²) in [5.74, 6) is 0.758. The first kappa shape index (κ1) is 16.9. The maximum absolute atomic E-state index is 12.4. The molecule has 0 aliphatic heterocycles. The number of ether oxygens (including phenoxy) is 1. The predicted octanol–water partition coefficient (Wildman–Crippen LogP) is 3.86. The molecular weight excluding hydrogens is 333 g/mol. The Morgan fingerprint density at radius 3 is 2.48 bits per heavy atom. The van der Waals surface area contributed by atoms with Crippen LogP contribution < -0.4 is 9.46 Å². The molecule has 1 fully saturated rings. The van der Waals surface area contributed by atoms with Crippen molar-refractivity contribution in [2.75, 3.05) is 13.7 Å². The lowest BCUT2D eigenvalue weighted by atomic mass is 9.90. The van der Waals surface area contributed by atoms with Gasteiger partial charge < -0.3 is 4.74 Å². The molecule has 0 saturated heterocycles. The first-order chi connectivity index (χ1) is 9.95. The summed E-state index contributed by atoms with van der Waals surface area (Å²) in [5.41, 5.74) is 0. The first-order valence-corrected chi connectivity index (χ1v) is 9.21. The lowest BCUT2D eigenvalue weighted by Crippen LogP contribution is -2.30. The van der Waals surface area contributed by atoms with E-state index in [9.17, 15) is 8.42 Å². The van der Waals surface area contributed by atoms with Gasteiger partial charge in [0.25, 0.3) is 0 Å². The molecule has 1 aliphatic carbocycles. The smallest absolute Gasteiger partial charge is 0.242 e. The van der Waals surface area contributed by atoms with Gasteiger partial charge in [-0.05, 0) is 30.9 Å². The fourth-order valence-corrected chi connectivity index (χ4v) is 4.53. The van der Waals surface area contributed by atoms with Crippen molar-refractivity contribution in [3.8, 4) is 5.75 Å². The Balaban J connectivity index is 2.13. The lowest BCUT2D eigenvalue weighted by molar-refractivity contribution is 0.357. The predicted molar refractivity (Wildman–Crippen MR) is 84.8 cm³/mol. The zero-order valence-electron chi connectivity index (χ0n) is 11.9. The highest BCUT2D eigenvalue weighted by Gasteiger charge is 2.23. The molecule has 0 bridgehead atoms. The Hall–Kier alpha value is -0.490. The van der Waals surface area contributed by atoms with Gasteiger partial charge >= 0.3 is 0 Å². The summed E-state index contributed by atoms with van der Waals surface area (Å²) in [7, 11) is -2.21. The number of hydrogen-bond donors (Lipinski definition) is 1. The van der Waals surface area contributed by atoms with Gasteiger partial charge in [-0.3, -0.25) is 0 Å². The zero-order chi connectivity index (χ0) is 15.5. The maximum Gasteiger partial charge on any atom is 0.242 e. The second kappa shape index (κ2) is 7.18. The molecule has 2 rings (SSSR count). The van der Waals surface area contributed by atoms with Crippen molar-refractivity contribution in [1.29, 1.82) is 0 Å². The number of methoxy groups -OCH3 is 1. The minimum atomic E-state index is -3.66. The molecule has 0 spiro atoms. The summed E-state index contributed by atoms with van der Waals surface area (Å²) >= 11 is 12.1. The molecule has 0 aromatic heterocycles. The highest BCUT2D eigenvalue weighted by Crippen LogP contribution is 2.36. The quantitative estimate of drug-likeness (QED) is 0.875. The highest BCUT2D eigenvalue weighted by molar-refractivity contribution is 7.89. The number of sulfonamides is 1. The van der Waals surface area contributed by atoms with E-state index in [1.807, 2.05) is 0 Å². The Labute approximate surface area is 135 Å². The van der Waals surface area contributed by atoms with E-state index < -0.39 is 10.0 Å². The van der Waals surface area contributed by atoms with E-state index in [2.05, 4.69) is 4.72 Å². The van der Waals surface area contributed by atoms with E-state index in [4.69, 9.17) is 27.9 Å². The molecular formula is C14H19Cl2NO3S. The molecule has 0 radical (unpaired) electrons. The Morgan fingerprint density at radius 2 is 1.86 bits per heavy atom. The Morgan fingerprint density at radius 1 is 1.19 bits per heavy atom. The summed E-state index contributed by atoms with van der Waals surface area (Å²) in [6, 6.07) is 2.92. The van der Waals surface area contributed by atoms with Gasteiger partial charge in [0.15, 0.2) is 0 Å². The summed E-state index contributed by atoms with van der Waals surface area (Å²) in [6.45, 7) is 0.447. The topological polar surface area (TPSA) is 55.4 Å². The Kier molecular flexibility index (Phi) is 5.77. The van der Waals surface area contributed by atoms with Gasteiger partial charge in [0.1, 0.15) is 15.7 Å². The molecule has 21 heavy (non-hydrogen) atoms. The Bertz CT molecular complexity index is 598. The molecule has 1 aromatic carbocycles. The summed E-state index contributed by atoms with van der Waals surface area (Å²) in [4.78, 5) is -0.00854. The largest absolute Gasteiger partial charge is 0.495 e. The van der Waals surface area contributed by atoms with E-state index in [0.29, 0.717) is 18.2 Å². The maximum atomic E-state index is 12.4. The van der Waals surface area contributed by atoms with E-state index in [-0.39, 0.29) is 14.9 Å². The third-order valence-corrected chi connectivity index (χ3v) is 6.25. The molecule has 1 aliphatic rings. The fraction of sp³-hybridized carbons (Fsp3) is 0.571. The third kappa shape index (κ3) is 4.03. The summed E-state index contributed by atoms with van der Waals surface area (Å²) in [5, 5.41) is 0.104. The van der Waals surface area contributed by atoms with Crippen LogP contribution in [-0.2, 0) is 10.0 Å². The molecule has 7 heteroatoms. The van der Waals surface area contributed by atoms with Gasteiger partial charge in [-0.1, -0.05) is 42.5 Å². The summed E-state index contributed by atoms with van der Waals surface area (Å²) in [6.07, 6.45) is 5.71. The van der Waals surface area contributed by atoms with Crippen LogP contribution in [0.25, 0.3) is 0 Å². The molecule has 4 nitrogen and oxygen atoms in total. The van der Waals surface area contributed by atoms with Gasteiger partial charge in [0.05, 0.1) is 12.1 Å². The van der Waals surface area contributed by atoms with E-state index in [1.165, 1.54) is 38.5 Å². The van der Waals surface area contributed by atoms with Crippen molar-refractivity contribution >= 4 is 33.2 Å². The SMILES string of the molecule is COc1ccc(S(=O)(=O)NCC2CCCCC2)c(Cl)c1Cl. The van der Waals surface area contributed by atoms with Crippen LogP contribution in [0.5, 0.6) is 5.75 Å². The van der Waals surface area contributed by atoms with Crippen LogP contribution in [0.15, 0.2) is 17.0 Å². The summed E-state index contributed by atoms with van der Waals surface area (Å²) < 4.78 is 32.4. The minimum absolute atomic E-state index is 0.00726. The van der Waals surface area contributed by atoms with E-state index >= 15 is 0 Å². The molecule has 0 unspecified atom stereocenters. The van der Waals surface area contributed by atoms with E-state index in [1.54, 1.807) is 0 Å². The molecule has 0 amide bonds. The lowest BCUT2D eigenvalue weighted by Gasteiger charge is -2.22. The molecule has 1 N–H and O–H groups in total. The van der Waals surface area contributed by atoms with Crippen molar-refractivity contribution in [3.63, 3.8) is 0 Å². The van der Waals surface area contributed by atoms with Gasteiger partial charge in [0, 0.05) is 6.54 Å². The molecule has 1 aromatic rings. The van der Waals surface area contributed by atoms with Crippen molar-refractivity contribution in [3.05, 3.63) is 22.2 Å². The van der Waals surface area contributed by atoms with Crippen LogP contribution in [-0.4, -0.2) is 22.1 Å². The standard InChI is InChI=1S/C14H19Cl2NO3S/c1-20-11-7-8-12(14(16)13(11)15)21(18,19)17-9-10-5-3-2-4-6-10/h7-8,10,17H,2-6,9H2,1H3. The second-order valence-corrected chi connectivity index (χ2v) is 7.74. The van der Waals surface area contributed by atoms with Crippen LogP contribution in [0.2, 0.25) is 10.0 Å². The van der Waals surface area contributed by atoms with Crippen molar-refractivity contribution in [1.82, 2.24) is 4.72 Å². The molecule has 0 heterocycles. The third-order valence-electron chi connectivity index (χ3n) is 3.81. The minimum Gasteiger partial charge on any atom is -0.495 e. The fourth-order valence-electron chi connectivity index (χ4n) is 2.58. The number of halogens is 2. The van der Waals surface area contributed by atoms with Crippen molar-refractivity contribution < 1.29 is 13.2 Å². The monoisotopic (exact) mass is 351 g/mol. The van der Waals surface area contributed by atoms with E-state index in [0.717, 1.165) is 12.8 Å². The second-order valence-electron chi connectivity index (χ2n) is 5.25. The highest BCUT2D eigenvalue weighted by atomic mass is 35.5. The average Bonchev–Trinajstić information content (AvgIpc) is 2.49. The van der Waals surface area contributed by atoms with Gasteiger partial charge in [-0.2, -0.15) is 0 Å². The van der Waals surface area contributed by atoms with Gasteiger partial charge in [-0.15, -0.1) is 0 Å². The van der Waals surface area contributed by atoms with Crippen LogP contribution in [0.3, 0.4) is 0 Å². The van der Waals surface area contributed by atoms with Crippen LogP contribution in [0, 0.1) is 5.92 Å². The zero-order valence-corrected chi connectivity index (χ0v) is 14.2. The number of rotatable bonds is 5. The van der Waals surface area contributed by atoms with Crippen molar-refractivity contribution in [2.45, 2.75) is 37.0 Å². The van der Waals surface area contributed by atoms with Crippen LogP contribution in [0.1, 0.15) is 32.1 Å². The number of nitrogens with one attached hydrogen (secondary N) is 1. The molecule has 118 valence electrons. The van der Waals surface area contributed by atoms with Gasteiger partial charge in [-0.25, -0.2) is 13.1 Å². The normalized spacial score (nSPS) is 16.9. The number of benzene rings is 1. The average molecular weight is 352 g/mol. The molecule has 1 saturated carbocycles. The van der Waals surface area contributed by atoms with Crippen LogP contribution >= 0.6 is 23.2 Å².